The lowest BCUT2D eigenvalue weighted by molar-refractivity contribution is 1.18. The normalized spacial score (nSPS) is 9.62. The summed E-state index contributed by atoms with van der Waals surface area (Å²) in [7, 11) is 0. The Kier molecular flexibility index (Phi) is 2.43. The molecule has 0 radical (unpaired) electrons. The van der Waals surface area contributed by atoms with Gasteiger partial charge in [-0.1, -0.05) is 0 Å². The summed E-state index contributed by atoms with van der Waals surface area (Å²) in [4.78, 5) is 0. The van der Waals surface area contributed by atoms with E-state index in [4.69, 9.17) is 0 Å². The van der Waals surface area contributed by atoms with Crippen LogP contribution in [-0.4, -0.2) is 5.75 Å². The van der Waals surface area contributed by atoms with Crippen LogP contribution in [0.3, 0.4) is 0 Å². The van der Waals surface area contributed by atoms with Gasteiger partial charge in [0, 0.05) is 0 Å². The van der Waals surface area contributed by atoms with Crippen LogP contribution < -0.4 is 0 Å². The molecular weight excluding hydrogens is 136 g/mol. The Morgan fingerprint density at radius 2 is 2.50 bits per heavy atom. The van der Waals surface area contributed by atoms with Crippen molar-refractivity contribution in [2.75, 3.05) is 5.75 Å². The fourth-order valence-corrected chi connectivity index (χ4v) is 1.53. The van der Waals surface area contributed by atoms with E-state index in [1.54, 1.807) is 11.3 Å². The Labute approximate surface area is 59.0 Å². The van der Waals surface area contributed by atoms with Gasteiger partial charge in [-0.25, -0.2) is 0 Å². The molecule has 1 aromatic heterocycles. The first-order valence-electron chi connectivity index (χ1n) is 2.55. The van der Waals surface area contributed by atoms with Gasteiger partial charge in [-0.05, 0) is 34.6 Å². The lowest BCUT2D eigenvalue weighted by Crippen LogP contribution is -1.78. The predicted octanol–water partition coefficient (Wildman–Crippen LogP) is 2.22. The molecule has 0 aliphatic heterocycles. The number of aryl methyl sites for hydroxylation is 1. The summed E-state index contributed by atoms with van der Waals surface area (Å²) >= 11 is 5.86. The summed E-state index contributed by atoms with van der Waals surface area (Å²) in [5.74, 6) is 0.955. The van der Waals surface area contributed by atoms with Crippen LogP contribution in [0.4, 0.5) is 0 Å². The molecule has 0 N–H and O–H groups in total. The second-order valence-electron chi connectivity index (χ2n) is 1.61. The summed E-state index contributed by atoms with van der Waals surface area (Å²) in [6.07, 6.45) is 1.10. The van der Waals surface area contributed by atoms with Crippen molar-refractivity contribution in [3.63, 3.8) is 0 Å². The Hall–Kier alpha value is 0.0500. The van der Waals surface area contributed by atoms with E-state index in [2.05, 4.69) is 29.5 Å². The van der Waals surface area contributed by atoms with Crippen molar-refractivity contribution < 1.29 is 0 Å². The van der Waals surface area contributed by atoms with Gasteiger partial charge in [-0.3, -0.25) is 0 Å². The molecular formula is C6H8S2. The number of hydrogen-bond acceptors (Lipinski definition) is 2. The SMILES string of the molecule is SCCc1ccsc1. The van der Waals surface area contributed by atoms with Gasteiger partial charge in [0.25, 0.3) is 0 Å². The molecule has 1 rings (SSSR count). The number of rotatable bonds is 2. The summed E-state index contributed by atoms with van der Waals surface area (Å²) in [6, 6.07) is 2.14. The van der Waals surface area contributed by atoms with Gasteiger partial charge in [-0.15, -0.1) is 0 Å². The molecule has 44 valence electrons. The maximum atomic E-state index is 4.11. The molecule has 0 amide bonds. The Balaban J connectivity index is 2.50. The first kappa shape index (κ1) is 6.17. The zero-order valence-corrected chi connectivity index (χ0v) is 6.21. The average Bonchev–Trinajstić information content (AvgIpc) is 2.19. The van der Waals surface area contributed by atoms with Crippen LogP contribution in [0.25, 0.3) is 0 Å². The summed E-state index contributed by atoms with van der Waals surface area (Å²) in [6.45, 7) is 0. The zero-order valence-electron chi connectivity index (χ0n) is 4.50. The summed E-state index contributed by atoms with van der Waals surface area (Å²) < 4.78 is 0. The highest BCUT2D eigenvalue weighted by Gasteiger charge is 1.87. The Morgan fingerprint density at radius 1 is 1.62 bits per heavy atom. The molecule has 1 aromatic rings. The third kappa shape index (κ3) is 1.53. The van der Waals surface area contributed by atoms with E-state index in [-0.39, 0.29) is 0 Å². The van der Waals surface area contributed by atoms with E-state index in [9.17, 15) is 0 Å². The van der Waals surface area contributed by atoms with Gasteiger partial charge in [0.2, 0.25) is 0 Å². The monoisotopic (exact) mass is 144 g/mol. The van der Waals surface area contributed by atoms with E-state index in [0.717, 1.165) is 12.2 Å². The minimum Gasteiger partial charge on any atom is -0.179 e. The second-order valence-corrected chi connectivity index (χ2v) is 2.83. The van der Waals surface area contributed by atoms with Crippen molar-refractivity contribution in [3.05, 3.63) is 22.4 Å². The average molecular weight is 144 g/mol. The smallest absolute Gasteiger partial charge is 0.00571 e. The number of thiol groups is 1. The van der Waals surface area contributed by atoms with Crippen LogP contribution in [0.15, 0.2) is 16.8 Å². The summed E-state index contributed by atoms with van der Waals surface area (Å²) in [5, 5.41) is 4.26. The third-order valence-corrected chi connectivity index (χ3v) is 1.94. The van der Waals surface area contributed by atoms with Crippen LogP contribution in [0.1, 0.15) is 5.56 Å². The summed E-state index contributed by atoms with van der Waals surface area (Å²) in [5.41, 5.74) is 1.41. The quantitative estimate of drug-likeness (QED) is 0.604. The maximum Gasteiger partial charge on any atom is -0.00571 e. The minimum atomic E-state index is 0.955. The van der Waals surface area contributed by atoms with Crippen LogP contribution in [0.2, 0.25) is 0 Å². The molecule has 0 saturated heterocycles. The van der Waals surface area contributed by atoms with Crippen LogP contribution in [0, 0.1) is 0 Å². The van der Waals surface area contributed by atoms with Crippen molar-refractivity contribution in [2.45, 2.75) is 6.42 Å². The van der Waals surface area contributed by atoms with Crippen LogP contribution in [-0.2, 0) is 6.42 Å². The molecule has 0 bridgehead atoms. The molecule has 8 heavy (non-hydrogen) atoms. The van der Waals surface area contributed by atoms with Crippen molar-refractivity contribution in [2.24, 2.45) is 0 Å². The lowest BCUT2D eigenvalue weighted by Gasteiger charge is -1.85. The molecule has 0 aromatic carbocycles. The van der Waals surface area contributed by atoms with Crippen molar-refractivity contribution >= 4 is 24.0 Å². The second kappa shape index (κ2) is 3.15. The molecule has 0 nitrogen and oxygen atoms in total. The van der Waals surface area contributed by atoms with E-state index < -0.39 is 0 Å². The highest BCUT2D eigenvalue weighted by molar-refractivity contribution is 7.80. The van der Waals surface area contributed by atoms with E-state index in [1.807, 2.05) is 0 Å². The van der Waals surface area contributed by atoms with Crippen molar-refractivity contribution in [1.29, 1.82) is 0 Å². The van der Waals surface area contributed by atoms with Crippen LogP contribution >= 0.6 is 24.0 Å². The van der Waals surface area contributed by atoms with E-state index >= 15 is 0 Å². The van der Waals surface area contributed by atoms with Gasteiger partial charge < -0.3 is 0 Å². The highest BCUT2D eigenvalue weighted by atomic mass is 32.1. The van der Waals surface area contributed by atoms with Gasteiger partial charge in [0.1, 0.15) is 0 Å². The lowest BCUT2D eigenvalue weighted by atomic mass is 10.3. The molecule has 1 heterocycles. The topological polar surface area (TPSA) is 0 Å². The molecule has 0 atom stereocenters. The minimum absolute atomic E-state index is 0.955. The maximum absolute atomic E-state index is 4.11. The van der Waals surface area contributed by atoms with E-state index in [0.29, 0.717) is 0 Å². The van der Waals surface area contributed by atoms with Crippen molar-refractivity contribution in [3.8, 4) is 0 Å². The molecule has 0 spiro atoms. The largest absolute Gasteiger partial charge is 0.179 e. The fourth-order valence-electron chi connectivity index (χ4n) is 0.564. The zero-order chi connectivity index (χ0) is 5.82. The third-order valence-electron chi connectivity index (χ3n) is 0.981. The number of thiophene rings is 1. The molecule has 0 fully saturated rings. The fraction of sp³-hybridized carbons (Fsp3) is 0.333. The van der Waals surface area contributed by atoms with Crippen molar-refractivity contribution in [1.82, 2.24) is 0 Å². The number of hydrogen-bond donors (Lipinski definition) is 1. The molecule has 0 unspecified atom stereocenters. The molecule has 0 saturated carbocycles. The van der Waals surface area contributed by atoms with Crippen LogP contribution in [0.5, 0.6) is 0 Å². The van der Waals surface area contributed by atoms with Gasteiger partial charge >= 0.3 is 0 Å². The molecule has 0 aliphatic carbocycles. The van der Waals surface area contributed by atoms with Gasteiger partial charge in [-0.2, -0.15) is 24.0 Å². The first-order chi connectivity index (χ1) is 3.93. The van der Waals surface area contributed by atoms with Gasteiger partial charge in [0.05, 0.1) is 0 Å². The Bertz CT molecular complexity index is 132. The van der Waals surface area contributed by atoms with E-state index in [1.165, 1.54) is 5.56 Å². The standard InChI is InChI=1S/C6H8S2/c7-3-1-6-2-4-8-5-6/h2,4-5,7H,1,3H2. The van der Waals surface area contributed by atoms with Gasteiger partial charge in [0.15, 0.2) is 0 Å². The molecule has 2 heteroatoms. The first-order valence-corrected chi connectivity index (χ1v) is 4.13. The molecule has 0 aliphatic rings. The highest BCUT2D eigenvalue weighted by Crippen LogP contribution is 2.06. The predicted molar refractivity (Wildman–Crippen MR) is 41.9 cm³/mol. The Morgan fingerprint density at radius 3 is 3.00 bits per heavy atom.